The van der Waals surface area contributed by atoms with Gasteiger partial charge < -0.3 is 5.73 Å². The van der Waals surface area contributed by atoms with Gasteiger partial charge in [-0.1, -0.05) is 34.5 Å². The van der Waals surface area contributed by atoms with Gasteiger partial charge in [0.25, 0.3) is 0 Å². The number of aryl methyl sites for hydroxylation is 1. The van der Waals surface area contributed by atoms with Gasteiger partial charge in [-0.2, -0.15) is 0 Å². The van der Waals surface area contributed by atoms with E-state index in [2.05, 4.69) is 47.1 Å². The second kappa shape index (κ2) is 6.20. The number of hydrogen-bond acceptors (Lipinski definition) is 1. The van der Waals surface area contributed by atoms with Crippen LogP contribution in [-0.4, -0.2) is 6.04 Å². The van der Waals surface area contributed by atoms with E-state index in [4.69, 9.17) is 5.73 Å². The second-order valence-electron chi connectivity index (χ2n) is 3.85. The van der Waals surface area contributed by atoms with Crippen LogP contribution in [0.5, 0.6) is 0 Å². The molecule has 0 aliphatic heterocycles. The average molecular weight is 256 g/mol. The third-order valence-electron chi connectivity index (χ3n) is 2.26. The molecule has 0 fully saturated rings. The fraction of sp³-hybridized carbons (Fsp3) is 0.500. The number of nitrogens with two attached hydrogens (primary N) is 1. The highest BCUT2D eigenvalue weighted by atomic mass is 79.9. The Morgan fingerprint density at radius 2 is 2.14 bits per heavy atom. The topological polar surface area (TPSA) is 26.0 Å². The Morgan fingerprint density at radius 3 is 2.79 bits per heavy atom. The van der Waals surface area contributed by atoms with Crippen LogP contribution in [0.1, 0.15) is 31.7 Å². The molecule has 1 unspecified atom stereocenters. The maximum atomic E-state index is 5.69. The van der Waals surface area contributed by atoms with Gasteiger partial charge in [0.2, 0.25) is 0 Å². The molecule has 0 aliphatic carbocycles. The van der Waals surface area contributed by atoms with Crippen LogP contribution in [0.3, 0.4) is 0 Å². The van der Waals surface area contributed by atoms with E-state index in [9.17, 15) is 0 Å². The van der Waals surface area contributed by atoms with E-state index >= 15 is 0 Å². The zero-order valence-corrected chi connectivity index (χ0v) is 10.3. The maximum Gasteiger partial charge on any atom is 0.0177 e. The highest BCUT2D eigenvalue weighted by Gasteiger charge is 1.96. The molecule has 2 heteroatoms. The molecule has 78 valence electrons. The van der Waals surface area contributed by atoms with Gasteiger partial charge in [-0.3, -0.25) is 0 Å². The Morgan fingerprint density at radius 1 is 1.36 bits per heavy atom. The SMILES string of the molecule is CC(N)CCCCc1cccc(Br)c1. The van der Waals surface area contributed by atoms with Gasteiger partial charge in [0, 0.05) is 10.5 Å². The summed E-state index contributed by atoms with van der Waals surface area (Å²) in [6.45, 7) is 2.07. The van der Waals surface area contributed by atoms with Crippen molar-refractivity contribution in [2.45, 2.75) is 38.6 Å². The molecule has 1 nitrogen and oxygen atoms in total. The molecule has 0 saturated heterocycles. The lowest BCUT2D eigenvalue weighted by atomic mass is 10.1. The van der Waals surface area contributed by atoms with Crippen molar-refractivity contribution in [2.75, 3.05) is 0 Å². The minimum Gasteiger partial charge on any atom is -0.328 e. The van der Waals surface area contributed by atoms with Crippen LogP contribution in [0.25, 0.3) is 0 Å². The summed E-state index contributed by atoms with van der Waals surface area (Å²) in [5.74, 6) is 0. The highest BCUT2D eigenvalue weighted by Crippen LogP contribution is 2.14. The summed E-state index contributed by atoms with van der Waals surface area (Å²) in [6, 6.07) is 8.86. The van der Waals surface area contributed by atoms with Gasteiger partial charge in [-0.15, -0.1) is 0 Å². The number of benzene rings is 1. The predicted octanol–water partition coefficient (Wildman–Crippen LogP) is 3.51. The van der Waals surface area contributed by atoms with Crippen molar-refractivity contribution >= 4 is 15.9 Å². The predicted molar refractivity (Wildman–Crippen MR) is 65.3 cm³/mol. The smallest absolute Gasteiger partial charge is 0.0177 e. The first-order chi connectivity index (χ1) is 6.68. The summed E-state index contributed by atoms with van der Waals surface area (Å²) in [5, 5.41) is 0. The van der Waals surface area contributed by atoms with Crippen molar-refractivity contribution < 1.29 is 0 Å². The lowest BCUT2D eigenvalue weighted by Gasteiger charge is -2.04. The summed E-state index contributed by atoms with van der Waals surface area (Å²) >= 11 is 3.47. The number of halogens is 1. The highest BCUT2D eigenvalue weighted by molar-refractivity contribution is 9.10. The molecule has 0 spiro atoms. The fourth-order valence-electron chi connectivity index (χ4n) is 1.49. The van der Waals surface area contributed by atoms with Gasteiger partial charge in [-0.25, -0.2) is 0 Å². The largest absolute Gasteiger partial charge is 0.328 e. The van der Waals surface area contributed by atoms with E-state index in [1.165, 1.54) is 22.9 Å². The van der Waals surface area contributed by atoms with Crippen LogP contribution < -0.4 is 5.73 Å². The van der Waals surface area contributed by atoms with Gasteiger partial charge in [-0.05, 0) is 43.9 Å². The summed E-state index contributed by atoms with van der Waals surface area (Å²) in [5.41, 5.74) is 7.10. The third kappa shape index (κ3) is 4.77. The molecule has 2 N–H and O–H groups in total. The van der Waals surface area contributed by atoms with Crippen LogP contribution in [0, 0.1) is 0 Å². The van der Waals surface area contributed by atoms with Crippen LogP contribution in [-0.2, 0) is 6.42 Å². The van der Waals surface area contributed by atoms with E-state index in [-0.39, 0.29) is 0 Å². The van der Waals surface area contributed by atoms with Crippen molar-refractivity contribution in [2.24, 2.45) is 5.73 Å². The summed E-state index contributed by atoms with van der Waals surface area (Å²) in [6.07, 6.45) is 4.75. The first kappa shape index (κ1) is 11.7. The number of hydrogen-bond donors (Lipinski definition) is 1. The standard InChI is InChI=1S/C12H18BrN/c1-10(14)5-2-3-6-11-7-4-8-12(13)9-11/h4,7-10H,2-3,5-6,14H2,1H3. The molecule has 0 aromatic heterocycles. The zero-order valence-electron chi connectivity index (χ0n) is 8.67. The molecule has 1 atom stereocenters. The van der Waals surface area contributed by atoms with Gasteiger partial charge in [0.05, 0.1) is 0 Å². The minimum absolute atomic E-state index is 0.345. The summed E-state index contributed by atoms with van der Waals surface area (Å²) in [7, 11) is 0. The lowest BCUT2D eigenvalue weighted by molar-refractivity contribution is 0.597. The molecule has 0 aliphatic rings. The normalized spacial score (nSPS) is 12.8. The monoisotopic (exact) mass is 255 g/mol. The van der Waals surface area contributed by atoms with Crippen LogP contribution in [0.2, 0.25) is 0 Å². The van der Waals surface area contributed by atoms with Crippen molar-refractivity contribution in [1.82, 2.24) is 0 Å². The maximum absolute atomic E-state index is 5.69. The van der Waals surface area contributed by atoms with E-state index in [0.717, 1.165) is 12.8 Å². The number of unbranched alkanes of at least 4 members (excludes halogenated alkanes) is 1. The van der Waals surface area contributed by atoms with Gasteiger partial charge in [0.1, 0.15) is 0 Å². The molecular formula is C12H18BrN. The third-order valence-corrected chi connectivity index (χ3v) is 2.76. The van der Waals surface area contributed by atoms with Crippen molar-refractivity contribution in [3.63, 3.8) is 0 Å². The molecule has 1 aromatic rings. The van der Waals surface area contributed by atoms with Crippen molar-refractivity contribution in [1.29, 1.82) is 0 Å². The second-order valence-corrected chi connectivity index (χ2v) is 4.77. The van der Waals surface area contributed by atoms with Crippen LogP contribution in [0.15, 0.2) is 28.7 Å². The lowest BCUT2D eigenvalue weighted by Crippen LogP contribution is -2.14. The fourth-order valence-corrected chi connectivity index (χ4v) is 1.93. The van der Waals surface area contributed by atoms with E-state index in [1.54, 1.807) is 0 Å². The Bertz CT molecular complexity index is 271. The number of rotatable bonds is 5. The molecule has 1 aromatic carbocycles. The molecule has 0 radical (unpaired) electrons. The summed E-state index contributed by atoms with van der Waals surface area (Å²) < 4.78 is 1.17. The summed E-state index contributed by atoms with van der Waals surface area (Å²) in [4.78, 5) is 0. The van der Waals surface area contributed by atoms with Crippen molar-refractivity contribution in [3.8, 4) is 0 Å². The molecule has 0 saturated carbocycles. The average Bonchev–Trinajstić information content (AvgIpc) is 2.12. The van der Waals surface area contributed by atoms with Gasteiger partial charge in [0.15, 0.2) is 0 Å². The van der Waals surface area contributed by atoms with Crippen molar-refractivity contribution in [3.05, 3.63) is 34.3 Å². The van der Waals surface area contributed by atoms with Gasteiger partial charge >= 0.3 is 0 Å². The molecular weight excluding hydrogens is 238 g/mol. The van der Waals surface area contributed by atoms with E-state index < -0.39 is 0 Å². The molecule has 0 heterocycles. The quantitative estimate of drug-likeness (QED) is 0.801. The Balaban J connectivity index is 2.25. The first-order valence-electron chi connectivity index (χ1n) is 5.18. The minimum atomic E-state index is 0.345. The first-order valence-corrected chi connectivity index (χ1v) is 5.98. The zero-order chi connectivity index (χ0) is 10.4. The molecule has 0 amide bonds. The van der Waals surface area contributed by atoms with E-state index in [0.29, 0.717) is 6.04 Å². The Kier molecular flexibility index (Phi) is 5.20. The molecule has 1 rings (SSSR count). The van der Waals surface area contributed by atoms with Crippen LogP contribution in [0.4, 0.5) is 0 Å². The Hall–Kier alpha value is -0.340. The molecule has 14 heavy (non-hydrogen) atoms. The van der Waals surface area contributed by atoms with Crippen LogP contribution >= 0.6 is 15.9 Å². The van der Waals surface area contributed by atoms with E-state index in [1.807, 2.05) is 0 Å². The Labute approximate surface area is 94.8 Å². The molecule has 0 bridgehead atoms.